The summed E-state index contributed by atoms with van der Waals surface area (Å²) >= 11 is 6.17. The predicted molar refractivity (Wildman–Crippen MR) is 138 cm³/mol. The van der Waals surface area contributed by atoms with Gasteiger partial charge in [-0.05, 0) is 68.7 Å². The molecule has 1 heterocycles. The molecule has 1 aliphatic rings. The molecule has 0 bridgehead atoms. The minimum atomic E-state index is -0.581. The molecule has 4 rings (SSSR count). The van der Waals surface area contributed by atoms with Crippen molar-refractivity contribution in [2.45, 2.75) is 51.9 Å². The summed E-state index contributed by atoms with van der Waals surface area (Å²) in [5.74, 6) is 0.737. The Kier molecular flexibility index (Phi) is 8.65. The highest BCUT2D eigenvalue weighted by molar-refractivity contribution is 6.31. The van der Waals surface area contributed by atoms with E-state index in [2.05, 4.69) is 22.6 Å². The number of ether oxygens (including phenoxy) is 2. The first-order chi connectivity index (χ1) is 17.5. The van der Waals surface area contributed by atoms with E-state index in [0.717, 1.165) is 36.8 Å². The Morgan fingerprint density at radius 2 is 1.86 bits per heavy atom. The molecule has 190 valence electrons. The van der Waals surface area contributed by atoms with Gasteiger partial charge in [-0.3, -0.25) is 10.1 Å². The highest BCUT2D eigenvalue weighted by atomic mass is 35.5. The third-order valence-electron chi connectivity index (χ3n) is 6.62. The summed E-state index contributed by atoms with van der Waals surface area (Å²) in [4.78, 5) is 24.6. The lowest BCUT2D eigenvalue weighted by Gasteiger charge is -2.27. The van der Waals surface area contributed by atoms with Crippen molar-refractivity contribution < 1.29 is 23.6 Å². The largest absolute Gasteiger partial charge is 0.466 e. The molecule has 8 heteroatoms. The lowest BCUT2D eigenvalue weighted by molar-refractivity contribution is -0.149. The van der Waals surface area contributed by atoms with E-state index in [0.29, 0.717) is 41.1 Å². The van der Waals surface area contributed by atoms with E-state index in [1.807, 2.05) is 43.3 Å². The minimum absolute atomic E-state index is 0.0129. The molecular weight excluding hydrogens is 480 g/mol. The minimum Gasteiger partial charge on any atom is -0.466 e. The molecule has 2 aromatic carbocycles. The molecule has 0 saturated heterocycles. The lowest BCUT2D eigenvalue weighted by Crippen LogP contribution is -2.23. The van der Waals surface area contributed by atoms with Gasteiger partial charge in [-0.1, -0.05) is 53.2 Å². The molecule has 3 aromatic rings. The number of rotatable bonds is 8. The fraction of sp³-hybridized carbons (Fsp3) is 0.393. The Morgan fingerprint density at radius 1 is 1.08 bits per heavy atom. The second-order valence-electron chi connectivity index (χ2n) is 9.00. The van der Waals surface area contributed by atoms with Crippen LogP contribution in [0.15, 0.2) is 53.1 Å². The maximum Gasteiger partial charge on any atom is 0.411 e. The standard InChI is InChI=1S/C28H31ClN2O5/c1-3-34-27(32)21-13-11-19(12-14-21)22-8-6-9-23(17-22)26-25(18(2)31-36-26)30-28(33)35-16-15-20-7-4-5-10-24(20)29/h4-10,17,19,21H,3,11-16H2,1-2H3,(H,30,33). The van der Waals surface area contributed by atoms with Gasteiger partial charge in [-0.2, -0.15) is 0 Å². The zero-order valence-corrected chi connectivity index (χ0v) is 21.3. The fourth-order valence-corrected chi connectivity index (χ4v) is 4.89. The SMILES string of the molecule is CCOC(=O)C1CCC(c2cccc(-c3onc(C)c3NC(=O)OCCc3ccccc3Cl)c2)CC1. The van der Waals surface area contributed by atoms with Crippen LogP contribution in [0.1, 0.15) is 55.3 Å². The number of amides is 1. The first kappa shape index (κ1) is 25.8. The second-order valence-corrected chi connectivity index (χ2v) is 9.41. The maximum absolute atomic E-state index is 12.5. The predicted octanol–water partition coefficient (Wildman–Crippen LogP) is 6.93. The van der Waals surface area contributed by atoms with Crippen LogP contribution in [-0.2, 0) is 20.7 Å². The summed E-state index contributed by atoms with van der Waals surface area (Å²) in [6.45, 7) is 4.22. The van der Waals surface area contributed by atoms with Gasteiger partial charge >= 0.3 is 12.1 Å². The Balaban J connectivity index is 1.39. The van der Waals surface area contributed by atoms with Gasteiger partial charge in [0.15, 0.2) is 5.76 Å². The molecule has 36 heavy (non-hydrogen) atoms. The number of halogens is 1. The van der Waals surface area contributed by atoms with E-state index >= 15 is 0 Å². The number of esters is 1. The third-order valence-corrected chi connectivity index (χ3v) is 6.99. The van der Waals surface area contributed by atoms with E-state index in [9.17, 15) is 9.59 Å². The van der Waals surface area contributed by atoms with E-state index in [4.69, 9.17) is 25.6 Å². The molecule has 1 N–H and O–H groups in total. The highest BCUT2D eigenvalue weighted by Gasteiger charge is 2.28. The van der Waals surface area contributed by atoms with Crippen LogP contribution in [0.25, 0.3) is 11.3 Å². The summed E-state index contributed by atoms with van der Waals surface area (Å²) in [5, 5.41) is 7.49. The Labute approximate surface area is 216 Å². The van der Waals surface area contributed by atoms with Gasteiger partial charge in [0.1, 0.15) is 11.4 Å². The molecule has 1 fully saturated rings. The number of hydrogen-bond acceptors (Lipinski definition) is 6. The summed E-state index contributed by atoms with van der Waals surface area (Å²) in [6, 6.07) is 15.5. The number of nitrogens with one attached hydrogen (secondary N) is 1. The molecule has 7 nitrogen and oxygen atoms in total. The van der Waals surface area contributed by atoms with Crippen molar-refractivity contribution in [1.82, 2.24) is 5.16 Å². The zero-order chi connectivity index (χ0) is 25.5. The number of hydrogen-bond donors (Lipinski definition) is 1. The Hall–Kier alpha value is -3.32. The molecule has 0 spiro atoms. The van der Waals surface area contributed by atoms with E-state index < -0.39 is 6.09 Å². The molecule has 1 aromatic heterocycles. The third kappa shape index (κ3) is 6.26. The number of anilines is 1. The van der Waals surface area contributed by atoms with Crippen LogP contribution in [0.4, 0.5) is 10.5 Å². The van der Waals surface area contributed by atoms with Gasteiger partial charge in [-0.15, -0.1) is 0 Å². The molecule has 0 radical (unpaired) electrons. The number of carbonyl (C=O) groups is 2. The van der Waals surface area contributed by atoms with Crippen molar-refractivity contribution in [2.24, 2.45) is 5.92 Å². The van der Waals surface area contributed by atoms with Gasteiger partial charge in [0.25, 0.3) is 0 Å². The van der Waals surface area contributed by atoms with Crippen LogP contribution in [-0.4, -0.2) is 30.4 Å². The molecule has 1 aliphatic carbocycles. The monoisotopic (exact) mass is 510 g/mol. The van der Waals surface area contributed by atoms with Crippen LogP contribution in [0.3, 0.4) is 0 Å². The van der Waals surface area contributed by atoms with Gasteiger partial charge in [0.05, 0.1) is 19.1 Å². The number of aromatic nitrogens is 1. The average Bonchev–Trinajstić information content (AvgIpc) is 3.25. The summed E-state index contributed by atoms with van der Waals surface area (Å²) in [6.07, 6.45) is 3.42. The Bertz CT molecular complexity index is 1200. The van der Waals surface area contributed by atoms with E-state index in [1.54, 1.807) is 6.92 Å². The topological polar surface area (TPSA) is 90.7 Å². The highest BCUT2D eigenvalue weighted by Crippen LogP contribution is 2.39. The smallest absolute Gasteiger partial charge is 0.411 e. The average molecular weight is 511 g/mol. The van der Waals surface area contributed by atoms with Crippen LogP contribution in [0.2, 0.25) is 5.02 Å². The summed E-state index contributed by atoms with van der Waals surface area (Å²) < 4.78 is 16.2. The number of nitrogens with zero attached hydrogens (tertiary/aromatic N) is 1. The van der Waals surface area contributed by atoms with Crippen LogP contribution in [0.5, 0.6) is 0 Å². The van der Waals surface area contributed by atoms with Crippen molar-refractivity contribution in [1.29, 1.82) is 0 Å². The van der Waals surface area contributed by atoms with Gasteiger partial charge in [0, 0.05) is 17.0 Å². The van der Waals surface area contributed by atoms with Gasteiger partial charge in [0.2, 0.25) is 0 Å². The van der Waals surface area contributed by atoms with E-state index in [-0.39, 0.29) is 18.5 Å². The van der Waals surface area contributed by atoms with Crippen molar-refractivity contribution >= 4 is 29.4 Å². The summed E-state index contributed by atoms with van der Waals surface area (Å²) in [7, 11) is 0. The number of carbonyl (C=O) groups excluding carboxylic acids is 2. The molecular formula is C28H31ClN2O5. The second kappa shape index (κ2) is 12.1. The van der Waals surface area contributed by atoms with Gasteiger partial charge < -0.3 is 14.0 Å². The first-order valence-corrected chi connectivity index (χ1v) is 12.7. The molecule has 1 amide bonds. The fourth-order valence-electron chi connectivity index (χ4n) is 4.66. The summed E-state index contributed by atoms with van der Waals surface area (Å²) in [5.41, 5.74) is 3.97. The van der Waals surface area contributed by atoms with Crippen LogP contribution >= 0.6 is 11.6 Å². The quantitative estimate of drug-likeness (QED) is 0.330. The number of aryl methyl sites for hydroxylation is 1. The Morgan fingerprint density at radius 3 is 2.61 bits per heavy atom. The van der Waals surface area contributed by atoms with Crippen molar-refractivity contribution in [3.63, 3.8) is 0 Å². The molecule has 0 aliphatic heterocycles. The van der Waals surface area contributed by atoms with Gasteiger partial charge in [-0.25, -0.2) is 4.79 Å². The zero-order valence-electron chi connectivity index (χ0n) is 20.6. The van der Waals surface area contributed by atoms with E-state index in [1.165, 1.54) is 5.56 Å². The molecule has 0 atom stereocenters. The molecule has 0 unspecified atom stereocenters. The van der Waals surface area contributed by atoms with Crippen LogP contribution < -0.4 is 5.32 Å². The molecule has 1 saturated carbocycles. The normalized spacial score (nSPS) is 17.4. The van der Waals surface area contributed by atoms with Crippen molar-refractivity contribution in [3.8, 4) is 11.3 Å². The van der Waals surface area contributed by atoms with Crippen molar-refractivity contribution in [2.75, 3.05) is 18.5 Å². The maximum atomic E-state index is 12.5. The lowest BCUT2D eigenvalue weighted by atomic mass is 9.78. The van der Waals surface area contributed by atoms with Crippen molar-refractivity contribution in [3.05, 3.63) is 70.4 Å². The first-order valence-electron chi connectivity index (χ1n) is 12.4. The van der Waals surface area contributed by atoms with Crippen LogP contribution in [0, 0.1) is 12.8 Å². The number of benzene rings is 2.